The maximum absolute atomic E-state index is 5.84. The summed E-state index contributed by atoms with van der Waals surface area (Å²) in [6.07, 6.45) is 0.0678. The van der Waals surface area contributed by atoms with Crippen molar-refractivity contribution in [3.8, 4) is 11.5 Å². The van der Waals surface area contributed by atoms with Gasteiger partial charge in [-0.15, -0.1) is 0 Å². The average molecular weight is 309 g/mol. The third kappa shape index (κ3) is 4.13. The Kier molecular flexibility index (Phi) is 4.70. The topological polar surface area (TPSA) is 82.3 Å². The first-order chi connectivity index (χ1) is 9.97. The third-order valence-corrected chi connectivity index (χ3v) is 2.70. The molecule has 0 bridgehead atoms. The van der Waals surface area contributed by atoms with Crippen molar-refractivity contribution in [2.24, 2.45) is 0 Å². The zero-order valence-corrected chi connectivity index (χ0v) is 12.8. The molecule has 1 heterocycles. The fraction of sp³-hybridized carbons (Fsp3) is 0.286. The number of ether oxygens (including phenoxy) is 2. The summed E-state index contributed by atoms with van der Waals surface area (Å²) in [4.78, 5) is 7.86. The molecule has 0 saturated carbocycles. The molecule has 0 spiro atoms. The van der Waals surface area contributed by atoms with E-state index < -0.39 is 0 Å². The van der Waals surface area contributed by atoms with Gasteiger partial charge in [-0.25, -0.2) is 4.98 Å². The number of nitrogens with zero attached hydrogens (tertiary/aromatic N) is 2. The molecule has 3 N–H and O–H groups in total. The van der Waals surface area contributed by atoms with Gasteiger partial charge in [-0.05, 0) is 26.0 Å². The molecule has 0 aliphatic heterocycles. The molecule has 0 fully saturated rings. The van der Waals surface area contributed by atoms with E-state index in [0.29, 0.717) is 17.3 Å². The number of methoxy groups -OCH3 is 1. The van der Waals surface area contributed by atoms with Crippen LogP contribution in [0.2, 0.25) is 5.15 Å². The van der Waals surface area contributed by atoms with Gasteiger partial charge in [0.1, 0.15) is 11.0 Å². The standard InChI is InChI=1S/C14H17ClN4O2/c1-8(2)21-10-5-4-9(6-11(10)20-3)17-13-7-12(15)18-14(16)19-13/h4-8H,1-3H3,(H3,16,17,18,19). The second-order valence-electron chi connectivity index (χ2n) is 4.59. The number of nitrogen functional groups attached to an aromatic ring is 1. The molecule has 0 saturated heterocycles. The molecule has 0 aliphatic rings. The Morgan fingerprint density at radius 3 is 2.57 bits per heavy atom. The van der Waals surface area contributed by atoms with Crippen LogP contribution in [0.4, 0.5) is 17.5 Å². The maximum atomic E-state index is 5.84. The molecule has 0 unspecified atom stereocenters. The van der Waals surface area contributed by atoms with E-state index in [2.05, 4.69) is 15.3 Å². The number of hydrogen-bond donors (Lipinski definition) is 2. The van der Waals surface area contributed by atoms with Crippen molar-refractivity contribution in [1.82, 2.24) is 9.97 Å². The van der Waals surface area contributed by atoms with Gasteiger partial charge in [0.05, 0.1) is 13.2 Å². The quantitative estimate of drug-likeness (QED) is 0.825. The summed E-state index contributed by atoms with van der Waals surface area (Å²) in [5, 5.41) is 3.36. The van der Waals surface area contributed by atoms with E-state index in [1.807, 2.05) is 32.0 Å². The molecule has 0 amide bonds. The molecule has 2 aromatic rings. The van der Waals surface area contributed by atoms with Crippen molar-refractivity contribution in [1.29, 1.82) is 0 Å². The highest BCUT2D eigenvalue weighted by molar-refractivity contribution is 6.29. The van der Waals surface area contributed by atoms with Gasteiger partial charge in [-0.2, -0.15) is 4.98 Å². The van der Waals surface area contributed by atoms with Crippen LogP contribution < -0.4 is 20.5 Å². The zero-order chi connectivity index (χ0) is 15.4. The van der Waals surface area contributed by atoms with Gasteiger partial charge in [0.15, 0.2) is 11.5 Å². The minimum atomic E-state index is 0.0678. The van der Waals surface area contributed by atoms with Gasteiger partial charge < -0.3 is 20.5 Å². The van der Waals surface area contributed by atoms with Crippen molar-refractivity contribution in [3.63, 3.8) is 0 Å². The van der Waals surface area contributed by atoms with Crippen LogP contribution in [0.15, 0.2) is 24.3 Å². The van der Waals surface area contributed by atoms with Gasteiger partial charge in [0.2, 0.25) is 5.95 Å². The molecule has 0 aliphatic carbocycles. The van der Waals surface area contributed by atoms with E-state index in [-0.39, 0.29) is 17.2 Å². The number of nitrogens with one attached hydrogen (secondary N) is 1. The molecule has 2 rings (SSSR count). The Morgan fingerprint density at radius 2 is 1.95 bits per heavy atom. The van der Waals surface area contributed by atoms with Crippen LogP contribution in [-0.2, 0) is 0 Å². The Hall–Kier alpha value is -2.21. The Balaban J connectivity index is 2.24. The Labute approximate surface area is 128 Å². The number of anilines is 3. The van der Waals surface area contributed by atoms with E-state index in [4.69, 9.17) is 26.8 Å². The molecule has 1 aromatic carbocycles. The van der Waals surface area contributed by atoms with Crippen molar-refractivity contribution in [3.05, 3.63) is 29.4 Å². The molecule has 21 heavy (non-hydrogen) atoms. The van der Waals surface area contributed by atoms with Crippen molar-refractivity contribution in [2.75, 3.05) is 18.2 Å². The van der Waals surface area contributed by atoms with Crippen molar-refractivity contribution < 1.29 is 9.47 Å². The number of rotatable bonds is 5. The largest absolute Gasteiger partial charge is 0.493 e. The maximum Gasteiger partial charge on any atom is 0.223 e. The van der Waals surface area contributed by atoms with Crippen LogP contribution in [0.1, 0.15) is 13.8 Å². The summed E-state index contributed by atoms with van der Waals surface area (Å²) in [7, 11) is 1.59. The van der Waals surface area contributed by atoms with Crippen LogP contribution >= 0.6 is 11.6 Å². The lowest BCUT2D eigenvalue weighted by Gasteiger charge is -2.15. The highest BCUT2D eigenvalue weighted by Crippen LogP contribution is 2.32. The zero-order valence-electron chi connectivity index (χ0n) is 12.1. The summed E-state index contributed by atoms with van der Waals surface area (Å²) in [5.74, 6) is 1.92. The first kappa shape index (κ1) is 15.2. The van der Waals surface area contributed by atoms with E-state index >= 15 is 0 Å². The fourth-order valence-corrected chi connectivity index (χ4v) is 1.93. The predicted octanol–water partition coefficient (Wildman–Crippen LogP) is 3.25. The molecule has 0 radical (unpaired) electrons. The van der Waals surface area contributed by atoms with E-state index in [0.717, 1.165) is 5.69 Å². The first-order valence-electron chi connectivity index (χ1n) is 6.39. The van der Waals surface area contributed by atoms with Crippen molar-refractivity contribution >= 4 is 29.1 Å². The fourth-order valence-electron chi connectivity index (χ4n) is 1.74. The first-order valence-corrected chi connectivity index (χ1v) is 6.77. The van der Waals surface area contributed by atoms with Gasteiger partial charge in [-0.1, -0.05) is 11.6 Å². The summed E-state index contributed by atoms with van der Waals surface area (Å²) in [6.45, 7) is 3.91. The Bertz CT molecular complexity index is 614. The highest BCUT2D eigenvalue weighted by Gasteiger charge is 2.08. The van der Waals surface area contributed by atoms with E-state index in [1.54, 1.807) is 13.2 Å². The average Bonchev–Trinajstić information content (AvgIpc) is 2.38. The Morgan fingerprint density at radius 1 is 1.19 bits per heavy atom. The van der Waals surface area contributed by atoms with Crippen LogP contribution in [-0.4, -0.2) is 23.2 Å². The molecular weight excluding hydrogens is 292 g/mol. The number of benzene rings is 1. The summed E-state index contributed by atoms with van der Waals surface area (Å²) >= 11 is 5.84. The van der Waals surface area contributed by atoms with E-state index in [9.17, 15) is 0 Å². The number of nitrogens with two attached hydrogens (primary N) is 1. The summed E-state index contributed by atoms with van der Waals surface area (Å²) in [5.41, 5.74) is 6.33. The lowest BCUT2D eigenvalue weighted by atomic mass is 10.2. The minimum absolute atomic E-state index is 0.0678. The summed E-state index contributed by atoms with van der Waals surface area (Å²) in [6, 6.07) is 7.08. The van der Waals surface area contributed by atoms with Crippen molar-refractivity contribution in [2.45, 2.75) is 20.0 Å². The normalized spacial score (nSPS) is 10.5. The predicted molar refractivity (Wildman–Crippen MR) is 83.5 cm³/mol. The number of aromatic nitrogens is 2. The van der Waals surface area contributed by atoms with Gasteiger partial charge in [0.25, 0.3) is 0 Å². The lowest BCUT2D eigenvalue weighted by Crippen LogP contribution is -2.07. The smallest absolute Gasteiger partial charge is 0.223 e. The SMILES string of the molecule is COc1cc(Nc2cc(Cl)nc(N)n2)ccc1OC(C)C. The molecule has 112 valence electrons. The van der Waals surface area contributed by atoms with Crippen LogP contribution in [0.5, 0.6) is 11.5 Å². The van der Waals surface area contributed by atoms with Gasteiger partial charge in [0, 0.05) is 17.8 Å². The lowest BCUT2D eigenvalue weighted by molar-refractivity contribution is 0.230. The monoisotopic (exact) mass is 308 g/mol. The van der Waals surface area contributed by atoms with Gasteiger partial charge in [-0.3, -0.25) is 0 Å². The second kappa shape index (κ2) is 6.49. The number of hydrogen-bond acceptors (Lipinski definition) is 6. The molecule has 0 atom stereocenters. The van der Waals surface area contributed by atoms with Crippen LogP contribution in [0, 0.1) is 0 Å². The van der Waals surface area contributed by atoms with Crippen LogP contribution in [0.3, 0.4) is 0 Å². The minimum Gasteiger partial charge on any atom is -0.493 e. The summed E-state index contributed by atoms with van der Waals surface area (Å²) < 4.78 is 11.0. The van der Waals surface area contributed by atoms with Gasteiger partial charge >= 0.3 is 0 Å². The third-order valence-electron chi connectivity index (χ3n) is 2.51. The molecule has 6 nitrogen and oxygen atoms in total. The van der Waals surface area contributed by atoms with E-state index in [1.165, 1.54) is 0 Å². The second-order valence-corrected chi connectivity index (χ2v) is 4.98. The molecular formula is C14H17ClN4O2. The highest BCUT2D eigenvalue weighted by atomic mass is 35.5. The molecule has 7 heteroatoms. The number of halogens is 1. The van der Waals surface area contributed by atoms with Crippen LogP contribution in [0.25, 0.3) is 0 Å². The molecule has 1 aromatic heterocycles.